The van der Waals surface area contributed by atoms with Gasteiger partial charge in [-0.2, -0.15) is 4.80 Å². The summed E-state index contributed by atoms with van der Waals surface area (Å²) < 4.78 is 0. The van der Waals surface area contributed by atoms with Crippen molar-refractivity contribution in [2.24, 2.45) is 13.0 Å². The third kappa shape index (κ3) is 5.96. The number of carbonyl (C=O) groups excluding carboxylic acids is 1. The van der Waals surface area contributed by atoms with E-state index in [1.807, 2.05) is 0 Å². The Bertz CT molecular complexity index is 348. The second-order valence-electron chi connectivity index (χ2n) is 4.32. The van der Waals surface area contributed by atoms with Gasteiger partial charge < -0.3 is 10.6 Å². The lowest BCUT2D eigenvalue weighted by molar-refractivity contribution is -0.121. The van der Waals surface area contributed by atoms with E-state index in [1.165, 1.54) is 4.80 Å². The molecule has 0 fully saturated rings. The Morgan fingerprint density at radius 2 is 2.24 bits per heavy atom. The molecule has 0 aliphatic rings. The minimum atomic E-state index is 0.0679. The molecule has 1 rings (SSSR count). The molecule has 1 heterocycles. The molecule has 0 radical (unpaired) electrons. The number of aromatic nitrogens is 4. The van der Waals surface area contributed by atoms with Crippen molar-refractivity contribution in [2.45, 2.75) is 26.8 Å². The van der Waals surface area contributed by atoms with E-state index >= 15 is 0 Å². The highest BCUT2D eigenvalue weighted by Crippen LogP contribution is 1.88. The summed E-state index contributed by atoms with van der Waals surface area (Å²) >= 11 is 0. The molecular formula is C10H20N6O. The average molecular weight is 240 g/mol. The van der Waals surface area contributed by atoms with E-state index < -0.39 is 0 Å². The zero-order valence-corrected chi connectivity index (χ0v) is 10.6. The van der Waals surface area contributed by atoms with E-state index in [-0.39, 0.29) is 5.91 Å². The minimum Gasteiger partial charge on any atom is -0.356 e. The van der Waals surface area contributed by atoms with Gasteiger partial charge in [0.15, 0.2) is 5.82 Å². The van der Waals surface area contributed by atoms with Crippen LogP contribution in [0.3, 0.4) is 0 Å². The van der Waals surface area contributed by atoms with E-state index in [0.29, 0.717) is 31.3 Å². The van der Waals surface area contributed by atoms with Gasteiger partial charge in [-0.05, 0) is 11.1 Å². The Morgan fingerprint density at radius 1 is 1.47 bits per heavy atom. The standard InChI is InChI=1S/C10H20N6O/c1-8(2)6-12-10(17)4-5-11-7-9-13-15-16(3)14-9/h8,11H,4-7H2,1-3H3,(H,12,17). The average Bonchev–Trinajstić information content (AvgIpc) is 2.68. The zero-order valence-electron chi connectivity index (χ0n) is 10.6. The minimum absolute atomic E-state index is 0.0679. The van der Waals surface area contributed by atoms with Crippen molar-refractivity contribution in [3.8, 4) is 0 Å². The number of hydrogen-bond acceptors (Lipinski definition) is 5. The Kier molecular flexibility index (Phi) is 5.55. The summed E-state index contributed by atoms with van der Waals surface area (Å²) in [5, 5.41) is 17.5. The van der Waals surface area contributed by atoms with Gasteiger partial charge >= 0.3 is 0 Å². The van der Waals surface area contributed by atoms with Gasteiger partial charge in [0, 0.05) is 19.5 Å². The van der Waals surface area contributed by atoms with Gasteiger partial charge in [0.2, 0.25) is 5.91 Å². The lowest BCUT2D eigenvalue weighted by Crippen LogP contribution is -2.30. The number of amides is 1. The van der Waals surface area contributed by atoms with Crippen molar-refractivity contribution in [3.05, 3.63) is 5.82 Å². The predicted octanol–water partition coefficient (Wildman–Crippen LogP) is -0.538. The van der Waals surface area contributed by atoms with Crippen molar-refractivity contribution in [2.75, 3.05) is 13.1 Å². The first kappa shape index (κ1) is 13.6. The molecule has 1 aromatic rings. The fourth-order valence-corrected chi connectivity index (χ4v) is 1.20. The molecule has 0 aliphatic carbocycles. The number of tetrazole rings is 1. The Morgan fingerprint density at radius 3 is 2.82 bits per heavy atom. The van der Waals surface area contributed by atoms with Crippen molar-refractivity contribution < 1.29 is 4.79 Å². The summed E-state index contributed by atoms with van der Waals surface area (Å²) in [6, 6.07) is 0. The third-order valence-corrected chi connectivity index (χ3v) is 2.07. The number of carbonyl (C=O) groups is 1. The summed E-state index contributed by atoms with van der Waals surface area (Å²) in [7, 11) is 1.72. The van der Waals surface area contributed by atoms with Crippen LogP contribution in [0.15, 0.2) is 0 Å². The van der Waals surface area contributed by atoms with E-state index in [9.17, 15) is 4.79 Å². The normalized spacial score (nSPS) is 10.8. The molecule has 0 saturated heterocycles. The molecule has 7 heteroatoms. The number of aryl methyl sites for hydroxylation is 1. The van der Waals surface area contributed by atoms with Crippen LogP contribution >= 0.6 is 0 Å². The van der Waals surface area contributed by atoms with E-state index in [0.717, 1.165) is 6.54 Å². The van der Waals surface area contributed by atoms with Crippen LogP contribution in [0.25, 0.3) is 0 Å². The Balaban J connectivity index is 2.06. The van der Waals surface area contributed by atoms with E-state index in [4.69, 9.17) is 0 Å². The van der Waals surface area contributed by atoms with Gasteiger partial charge in [0.25, 0.3) is 0 Å². The lowest BCUT2D eigenvalue weighted by atomic mass is 10.2. The molecule has 0 saturated carbocycles. The smallest absolute Gasteiger partial charge is 0.221 e. The maximum absolute atomic E-state index is 11.4. The van der Waals surface area contributed by atoms with Gasteiger partial charge in [0.1, 0.15) is 0 Å². The van der Waals surface area contributed by atoms with Crippen LogP contribution in [0.4, 0.5) is 0 Å². The highest BCUT2D eigenvalue weighted by Gasteiger charge is 2.03. The van der Waals surface area contributed by atoms with Crippen molar-refractivity contribution >= 4 is 5.91 Å². The first-order valence-corrected chi connectivity index (χ1v) is 5.78. The van der Waals surface area contributed by atoms with Crippen LogP contribution < -0.4 is 10.6 Å². The number of hydrogen-bond donors (Lipinski definition) is 2. The molecule has 1 aromatic heterocycles. The Hall–Kier alpha value is -1.50. The van der Waals surface area contributed by atoms with Crippen LogP contribution in [-0.2, 0) is 18.4 Å². The molecule has 7 nitrogen and oxygen atoms in total. The molecule has 96 valence electrons. The lowest BCUT2D eigenvalue weighted by Gasteiger charge is -2.07. The number of nitrogens with zero attached hydrogens (tertiary/aromatic N) is 4. The van der Waals surface area contributed by atoms with Crippen molar-refractivity contribution in [3.63, 3.8) is 0 Å². The largest absolute Gasteiger partial charge is 0.356 e. The molecule has 0 atom stereocenters. The molecule has 0 aliphatic heterocycles. The zero-order chi connectivity index (χ0) is 12.7. The second-order valence-corrected chi connectivity index (χ2v) is 4.32. The first-order chi connectivity index (χ1) is 8.08. The van der Waals surface area contributed by atoms with Gasteiger partial charge in [-0.1, -0.05) is 13.8 Å². The molecule has 17 heavy (non-hydrogen) atoms. The van der Waals surface area contributed by atoms with Crippen LogP contribution in [-0.4, -0.2) is 39.2 Å². The van der Waals surface area contributed by atoms with Gasteiger partial charge in [-0.25, -0.2) is 0 Å². The molecular weight excluding hydrogens is 220 g/mol. The summed E-state index contributed by atoms with van der Waals surface area (Å²) in [6.45, 7) is 6.01. The summed E-state index contributed by atoms with van der Waals surface area (Å²) in [6.07, 6.45) is 0.465. The molecule has 0 bridgehead atoms. The van der Waals surface area contributed by atoms with Crippen LogP contribution in [0.2, 0.25) is 0 Å². The molecule has 0 aromatic carbocycles. The molecule has 1 amide bonds. The molecule has 0 spiro atoms. The van der Waals surface area contributed by atoms with Crippen LogP contribution in [0, 0.1) is 5.92 Å². The topological polar surface area (TPSA) is 84.7 Å². The Labute approximate surface area is 101 Å². The summed E-state index contributed by atoms with van der Waals surface area (Å²) in [4.78, 5) is 12.8. The quantitative estimate of drug-likeness (QED) is 0.625. The summed E-state index contributed by atoms with van der Waals surface area (Å²) in [5.41, 5.74) is 0. The van der Waals surface area contributed by atoms with Crippen LogP contribution in [0.1, 0.15) is 26.1 Å². The predicted molar refractivity (Wildman–Crippen MR) is 63.0 cm³/mol. The van der Waals surface area contributed by atoms with E-state index in [1.54, 1.807) is 7.05 Å². The van der Waals surface area contributed by atoms with Gasteiger partial charge in [-0.15, -0.1) is 10.2 Å². The molecule has 0 unspecified atom stereocenters. The molecule has 2 N–H and O–H groups in total. The second kappa shape index (κ2) is 6.95. The fourth-order valence-electron chi connectivity index (χ4n) is 1.20. The SMILES string of the molecule is CC(C)CNC(=O)CCNCc1nnn(C)n1. The van der Waals surface area contributed by atoms with Gasteiger partial charge in [-0.3, -0.25) is 4.79 Å². The summed E-state index contributed by atoms with van der Waals surface area (Å²) in [5.74, 6) is 1.18. The van der Waals surface area contributed by atoms with Crippen molar-refractivity contribution in [1.82, 2.24) is 30.8 Å². The highest BCUT2D eigenvalue weighted by molar-refractivity contribution is 5.76. The van der Waals surface area contributed by atoms with Gasteiger partial charge in [0.05, 0.1) is 13.6 Å². The highest BCUT2D eigenvalue weighted by atomic mass is 16.1. The monoisotopic (exact) mass is 240 g/mol. The fraction of sp³-hybridized carbons (Fsp3) is 0.800. The van der Waals surface area contributed by atoms with Crippen LogP contribution in [0.5, 0.6) is 0 Å². The van der Waals surface area contributed by atoms with Crippen molar-refractivity contribution in [1.29, 1.82) is 0 Å². The maximum Gasteiger partial charge on any atom is 0.221 e. The number of rotatable bonds is 7. The third-order valence-electron chi connectivity index (χ3n) is 2.07. The first-order valence-electron chi connectivity index (χ1n) is 5.78. The number of nitrogens with one attached hydrogen (secondary N) is 2. The van der Waals surface area contributed by atoms with E-state index in [2.05, 4.69) is 39.9 Å². The maximum atomic E-state index is 11.4.